The maximum absolute atomic E-state index is 4.94. The molecule has 1 aliphatic rings. The SMILES string of the molecule is Cc1nc2c3ccccc3c3cccc4c3n2c1C(C)C4C. The Balaban J connectivity index is 2.22. The lowest BCUT2D eigenvalue weighted by Crippen LogP contribution is -2.15. The first-order valence-electron chi connectivity index (χ1n) is 8.00. The average molecular weight is 286 g/mol. The lowest BCUT2D eigenvalue weighted by Gasteiger charge is -2.29. The lowest BCUT2D eigenvalue weighted by atomic mass is 9.82. The molecule has 0 radical (unpaired) electrons. The van der Waals surface area contributed by atoms with Crippen molar-refractivity contribution >= 4 is 27.3 Å². The van der Waals surface area contributed by atoms with Gasteiger partial charge in [0.1, 0.15) is 5.65 Å². The fourth-order valence-corrected chi connectivity index (χ4v) is 4.30. The topological polar surface area (TPSA) is 17.3 Å². The summed E-state index contributed by atoms with van der Waals surface area (Å²) in [5.74, 6) is 1.02. The molecule has 4 aromatic rings. The second kappa shape index (κ2) is 3.89. The largest absolute Gasteiger partial charge is 0.295 e. The van der Waals surface area contributed by atoms with Crippen LogP contribution in [0.4, 0.5) is 0 Å². The van der Waals surface area contributed by atoms with E-state index < -0.39 is 0 Å². The van der Waals surface area contributed by atoms with Gasteiger partial charge in [0.25, 0.3) is 0 Å². The van der Waals surface area contributed by atoms with Gasteiger partial charge in [0, 0.05) is 22.4 Å². The predicted molar refractivity (Wildman–Crippen MR) is 91.8 cm³/mol. The van der Waals surface area contributed by atoms with Crippen molar-refractivity contribution in [3.63, 3.8) is 0 Å². The minimum atomic E-state index is 0.495. The number of hydrogen-bond acceptors (Lipinski definition) is 1. The fraction of sp³-hybridized carbons (Fsp3) is 0.250. The zero-order valence-corrected chi connectivity index (χ0v) is 13.1. The van der Waals surface area contributed by atoms with Crippen LogP contribution < -0.4 is 0 Å². The number of hydrogen-bond donors (Lipinski definition) is 0. The Hall–Kier alpha value is -2.35. The normalized spacial score (nSPS) is 20.5. The predicted octanol–water partition coefficient (Wildman–Crippen LogP) is 5.17. The first-order chi connectivity index (χ1) is 10.7. The van der Waals surface area contributed by atoms with Crippen LogP contribution in [0.5, 0.6) is 0 Å². The van der Waals surface area contributed by atoms with E-state index in [9.17, 15) is 0 Å². The van der Waals surface area contributed by atoms with Crippen LogP contribution in [-0.4, -0.2) is 9.38 Å². The first kappa shape index (κ1) is 12.2. The number of nitrogens with zero attached hydrogens (tertiary/aromatic N) is 2. The molecule has 5 rings (SSSR count). The van der Waals surface area contributed by atoms with Crippen molar-refractivity contribution in [1.82, 2.24) is 9.38 Å². The highest BCUT2D eigenvalue weighted by molar-refractivity contribution is 6.13. The molecule has 0 saturated heterocycles. The Bertz CT molecular complexity index is 1070. The molecule has 2 nitrogen and oxygen atoms in total. The number of fused-ring (bicyclic) bond motifs is 3. The van der Waals surface area contributed by atoms with Crippen LogP contribution in [-0.2, 0) is 0 Å². The third-order valence-corrected chi connectivity index (χ3v) is 5.52. The highest BCUT2D eigenvalue weighted by atomic mass is 15.0. The van der Waals surface area contributed by atoms with E-state index in [0.29, 0.717) is 11.8 Å². The standard InChI is InChI=1S/C20H18N2/c1-11-12(2)18-13(3)21-20-17-8-5-4-7-15(17)16-10-6-9-14(11)19(16)22(18)20/h4-12H,1-3H3. The smallest absolute Gasteiger partial charge is 0.145 e. The lowest BCUT2D eigenvalue weighted by molar-refractivity contribution is 0.589. The summed E-state index contributed by atoms with van der Waals surface area (Å²) in [6.45, 7) is 6.83. The number of pyridine rings is 1. The van der Waals surface area contributed by atoms with E-state index in [4.69, 9.17) is 4.98 Å². The Morgan fingerprint density at radius 1 is 0.864 bits per heavy atom. The quantitative estimate of drug-likeness (QED) is 0.408. The van der Waals surface area contributed by atoms with Gasteiger partial charge >= 0.3 is 0 Å². The van der Waals surface area contributed by atoms with Crippen molar-refractivity contribution in [1.29, 1.82) is 0 Å². The van der Waals surface area contributed by atoms with E-state index in [2.05, 4.69) is 67.6 Å². The van der Waals surface area contributed by atoms with Crippen LogP contribution in [0, 0.1) is 6.92 Å². The van der Waals surface area contributed by atoms with Gasteiger partial charge < -0.3 is 0 Å². The van der Waals surface area contributed by atoms with Gasteiger partial charge in [-0.05, 0) is 23.8 Å². The molecule has 2 aromatic carbocycles. The highest BCUT2D eigenvalue weighted by Crippen LogP contribution is 2.45. The molecule has 22 heavy (non-hydrogen) atoms. The van der Waals surface area contributed by atoms with Gasteiger partial charge in [0.15, 0.2) is 0 Å². The van der Waals surface area contributed by atoms with Gasteiger partial charge in [-0.2, -0.15) is 0 Å². The van der Waals surface area contributed by atoms with Crippen molar-refractivity contribution in [2.45, 2.75) is 32.6 Å². The number of benzene rings is 2. The van der Waals surface area contributed by atoms with Crippen molar-refractivity contribution in [3.05, 3.63) is 59.4 Å². The molecule has 0 saturated carbocycles. The van der Waals surface area contributed by atoms with E-state index in [1.165, 1.54) is 38.6 Å². The van der Waals surface area contributed by atoms with Gasteiger partial charge in [-0.15, -0.1) is 0 Å². The van der Waals surface area contributed by atoms with E-state index in [1.54, 1.807) is 0 Å². The third kappa shape index (κ3) is 1.25. The van der Waals surface area contributed by atoms with Crippen molar-refractivity contribution in [3.8, 4) is 0 Å². The zero-order valence-electron chi connectivity index (χ0n) is 13.1. The van der Waals surface area contributed by atoms with E-state index in [0.717, 1.165) is 5.65 Å². The summed E-state index contributed by atoms with van der Waals surface area (Å²) in [6.07, 6.45) is 0. The third-order valence-electron chi connectivity index (χ3n) is 5.52. The molecule has 0 N–H and O–H groups in total. The average Bonchev–Trinajstić information content (AvgIpc) is 2.90. The molecule has 0 spiro atoms. The molecule has 0 fully saturated rings. The van der Waals surface area contributed by atoms with Crippen molar-refractivity contribution < 1.29 is 0 Å². The van der Waals surface area contributed by atoms with Crippen LogP contribution >= 0.6 is 0 Å². The molecule has 1 aliphatic heterocycles. The second-order valence-corrected chi connectivity index (χ2v) is 6.61. The van der Waals surface area contributed by atoms with Crippen LogP contribution in [0.1, 0.15) is 42.6 Å². The summed E-state index contributed by atoms with van der Waals surface area (Å²) in [5.41, 5.74) is 6.48. The van der Waals surface area contributed by atoms with Crippen LogP contribution in [0.3, 0.4) is 0 Å². The van der Waals surface area contributed by atoms with Crippen LogP contribution in [0.15, 0.2) is 42.5 Å². The monoisotopic (exact) mass is 286 g/mol. The summed E-state index contributed by atoms with van der Waals surface area (Å²) in [7, 11) is 0. The molecule has 2 unspecified atom stereocenters. The molecule has 2 aromatic heterocycles. The van der Waals surface area contributed by atoms with Crippen molar-refractivity contribution in [2.75, 3.05) is 0 Å². The summed E-state index contributed by atoms with van der Waals surface area (Å²) >= 11 is 0. The maximum Gasteiger partial charge on any atom is 0.145 e. The molecule has 2 atom stereocenters. The molecule has 0 bridgehead atoms. The number of para-hydroxylation sites is 1. The van der Waals surface area contributed by atoms with Gasteiger partial charge in [-0.1, -0.05) is 56.3 Å². The minimum absolute atomic E-state index is 0.495. The maximum atomic E-state index is 4.94. The number of aromatic nitrogens is 2. The summed E-state index contributed by atoms with van der Waals surface area (Å²) in [5, 5.41) is 3.91. The van der Waals surface area contributed by atoms with Gasteiger partial charge in [-0.25, -0.2) is 4.98 Å². The zero-order chi connectivity index (χ0) is 15.0. The van der Waals surface area contributed by atoms with E-state index >= 15 is 0 Å². The Morgan fingerprint density at radius 2 is 1.59 bits per heavy atom. The van der Waals surface area contributed by atoms with Gasteiger partial charge in [0.2, 0.25) is 0 Å². The fourth-order valence-electron chi connectivity index (χ4n) is 4.30. The molecule has 3 heterocycles. The molecule has 0 aliphatic carbocycles. The van der Waals surface area contributed by atoms with E-state index in [1.807, 2.05) is 0 Å². The Kier molecular flexibility index (Phi) is 2.16. The first-order valence-corrected chi connectivity index (χ1v) is 8.00. The minimum Gasteiger partial charge on any atom is -0.295 e. The van der Waals surface area contributed by atoms with E-state index in [-0.39, 0.29) is 0 Å². The molecule has 108 valence electrons. The molecule has 2 heteroatoms. The number of rotatable bonds is 0. The van der Waals surface area contributed by atoms with Crippen molar-refractivity contribution in [2.24, 2.45) is 0 Å². The van der Waals surface area contributed by atoms with Crippen LogP contribution in [0.2, 0.25) is 0 Å². The Morgan fingerprint density at radius 3 is 2.41 bits per heavy atom. The Labute approximate surface area is 129 Å². The van der Waals surface area contributed by atoms with Gasteiger partial charge in [0.05, 0.1) is 11.2 Å². The molecule has 0 amide bonds. The molecular formula is C20H18N2. The van der Waals surface area contributed by atoms with Crippen LogP contribution in [0.25, 0.3) is 27.3 Å². The number of imidazole rings is 1. The molecular weight excluding hydrogens is 268 g/mol. The number of aryl methyl sites for hydroxylation is 1. The summed E-state index contributed by atoms with van der Waals surface area (Å²) in [4.78, 5) is 4.94. The second-order valence-electron chi connectivity index (χ2n) is 6.61. The van der Waals surface area contributed by atoms with Gasteiger partial charge in [-0.3, -0.25) is 4.40 Å². The highest BCUT2D eigenvalue weighted by Gasteiger charge is 2.30. The summed E-state index contributed by atoms with van der Waals surface area (Å²) in [6, 6.07) is 15.4. The summed E-state index contributed by atoms with van der Waals surface area (Å²) < 4.78 is 2.42.